The van der Waals surface area contributed by atoms with Gasteiger partial charge in [0.05, 0.1) is 10.4 Å². The second kappa shape index (κ2) is 5.65. The first-order chi connectivity index (χ1) is 10.6. The summed E-state index contributed by atoms with van der Waals surface area (Å²) in [6, 6.07) is 11.2. The molecule has 6 heteroatoms. The first-order valence-electron chi connectivity index (χ1n) is 6.77. The molecule has 112 valence electrons. The van der Waals surface area contributed by atoms with Crippen molar-refractivity contribution in [3.8, 4) is 0 Å². The summed E-state index contributed by atoms with van der Waals surface area (Å²) in [6.45, 7) is 1.93. The van der Waals surface area contributed by atoms with Crippen LogP contribution in [0, 0.1) is 6.92 Å². The summed E-state index contributed by atoms with van der Waals surface area (Å²) < 4.78 is 1.88. The number of aryl methyl sites for hydroxylation is 2. The van der Waals surface area contributed by atoms with Gasteiger partial charge in [0.2, 0.25) is 0 Å². The molecule has 0 spiro atoms. The number of hydrazine groups is 1. The van der Waals surface area contributed by atoms with Crippen LogP contribution in [-0.4, -0.2) is 16.4 Å². The SMILES string of the molecule is Cc1ccc(C(=O)NNC(=O)c2cn(C)c3ccccc23)s1. The van der Waals surface area contributed by atoms with E-state index in [1.807, 2.05) is 48.9 Å². The number of carbonyl (C=O) groups is 2. The second-order valence-electron chi connectivity index (χ2n) is 4.99. The van der Waals surface area contributed by atoms with Crippen LogP contribution < -0.4 is 10.9 Å². The number of hydrogen-bond acceptors (Lipinski definition) is 3. The highest BCUT2D eigenvalue weighted by atomic mass is 32.1. The molecule has 0 saturated heterocycles. The molecular formula is C16H15N3O2S. The van der Waals surface area contributed by atoms with Crippen molar-refractivity contribution in [2.75, 3.05) is 0 Å². The molecule has 22 heavy (non-hydrogen) atoms. The van der Waals surface area contributed by atoms with Crippen molar-refractivity contribution in [1.29, 1.82) is 0 Å². The van der Waals surface area contributed by atoms with Crippen LogP contribution in [0.4, 0.5) is 0 Å². The molecule has 3 aromatic rings. The number of carbonyl (C=O) groups excluding carboxylic acids is 2. The van der Waals surface area contributed by atoms with Crippen LogP contribution in [0.5, 0.6) is 0 Å². The monoisotopic (exact) mass is 313 g/mol. The van der Waals surface area contributed by atoms with Gasteiger partial charge in [-0.1, -0.05) is 18.2 Å². The zero-order valence-corrected chi connectivity index (χ0v) is 13.0. The number of thiophene rings is 1. The molecule has 0 aliphatic heterocycles. The third-order valence-corrected chi connectivity index (χ3v) is 4.39. The van der Waals surface area contributed by atoms with Crippen LogP contribution in [-0.2, 0) is 7.05 Å². The van der Waals surface area contributed by atoms with E-state index in [4.69, 9.17) is 0 Å². The molecule has 3 rings (SSSR count). The Morgan fingerprint density at radius 2 is 1.77 bits per heavy atom. The molecule has 0 unspecified atom stereocenters. The summed E-state index contributed by atoms with van der Waals surface area (Å²) in [7, 11) is 1.88. The second-order valence-corrected chi connectivity index (χ2v) is 6.28. The van der Waals surface area contributed by atoms with Crippen LogP contribution in [0.3, 0.4) is 0 Å². The van der Waals surface area contributed by atoms with Crippen LogP contribution in [0.15, 0.2) is 42.6 Å². The highest BCUT2D eigenvalue weighted by Crippen LogP contribution is 2.20. The van der Waals surface area contributed by atoms with Crippen molar-refractivity contribution in [2.45, 2.75) is 6.92 Å². The highest BCUT2D eigenvalue weighted by Gasteiger charge is 2.15. The lowest BCUT2D eigenvalue weighted by atomic mass is 10.2. The van der Waals surface area contributed by atoms with Crippen molar-refractivity contribution in [1.82, 2.24) is 15.4 Å². The van der Waals surface area contributed by atoms with Gasteiger partial charge in [0, 0.05) is 29.0 Å². The maximum atomic E-state index is 12.3. The number of nitrogens with zero attached hydrogens (tertiary/aromatic N) is 1. The summed E-state index contributed by atoms with van der Waals surface area (Å²) in [5, 5.41) is 0.851. The Labute approximate surface area is 131 Å². The van der Waals surface area contributed by atoms with E-state index in [0.717, 1.165) is 15.8 Å². The number of hydrogen-bond donors (Lipinski definition) is 2. The molecule has 2 heterocycles. The van der Waals surface area contributed by atoms with Gasteiger partial charge in [-0.25, -0.2) is 0 Å². The van der Waals surface area contributed by atoms with Gasteiger partial charge in [-0.05, 0) is 25.1 Å². The van der Waals surface area contributed by atoms with E-state index in [0.29, 0.717) is 10.4 Å². The Balaban J connectivity index is 1.75. The number of nitrogens with one attached hydrogen (secondary N) is 2. The van der Waals surface area contributed by atoms with E-state index in [-0.39, 0.29) is 11.8 Å². The van der Waals surface area contributed by atoms with Crippen molar-refractivity contribution in [2.24, 2.45) is 7.05 Å². The van der Waals surface area contributed by atoms with Crippen LogP contribution in [0.1, 0.15) is 24.9 Å². The van der Waals surface area contributed by atoms with Crippen molar-refractivity contribution in [3.05, 3.63) is 57.9 Å². The standard InChI is InChI=1S/C16H15N3O2S/c1-10-7-8-14(22-10)16(21)18-17-15(20)12-9-19(2)13-6-4-3-5-11(12)13/h3-9H,1-2H3,(H,17,20)(H,18,21). The molecule has 0 aliphatic rings. The number of aromatic nitrogens is 1. The lowest BCUT2D eigenvalue weighted by Crippen LogP contribution is -2.41. The van der Waals surface area contributed by atoms with Gasteiger partial charge in [0.15, 0.2) is 0 Å². The van der Waals surface area contributed by atoms with E-state index in [1.54, 1.807) is 12.3 Å². The molecule has 2 N–H and O–H groups in total. The molecule has 0 atom stereocenters. The zero-order valence-electron chi connectivity index (χ0n) is 12.2. The third kappa shape index (κ3) is 2.60. The topological polar surface area (TPSA) is 63.1 Å². The molecular weight excluding hydrogens is 298 g/mol. The first-order valence-corrected chi connectivity index (χ1v) is 7.59. The van der Waals surface area contributed by atoms with Gasteiger partial charge >= 0.3 is 0 Å². The Bertz CT molecular complexity index is 863. The third-order valence-electron chi connectivity index (χ3n) is 3.40. The van der Waals surface area contributed by atoms with Gasteiger partial charge < -0.3 is 4.57 Å². The lowest BCUT2D eigenvalue weighted by molar-refractivity contribution is 0.0849. The van der Waals surface area contributed by atoms with Gasteiger partial charge in [-0.3, -0.25) is 20.4 Å². The average molecular weight is 313 g/mol. The van der Waals surface area contributed by atoms with Crippen LogP contribution >= 0.6 is 11.3 Å². The summed E-state index contributed by atoms with van der Waals surface area (Å²) in [6.07, 6.45) is 1.75. The smallest absolute Gasteiger partial charge is 0.279 e. The zero-order chi connectivity index (χ0) is 15.7. The highest BCUT2D eigenvalue weighted by molar-refractivity contribution is 7.13. The summed E-state index contributed by atoms with van der Waals surface area (Å²) >= 11 is 1.38. The maximum absolute atomic E-state index is 12.3. The van der Waals surface area contributed by atoms with E-state index < -0.39 is 0 Å². The minimum atomic E-state index is -0.335. The van der Waals surface area contributed by atoms with E-state index in [9.17, 15) is 9.59 Å². The van der Waals surface area contributed by atoms with Crippen molar-refractivity contribution >= 4 is 34.1 Å². The lowest BCUT2D eigenvalue weighted by Gasteiger charge is -2.05. The van der Waals surface area contributed by atoms with Gasteiger partial charge in [0.1, 0.15) is 0 Å². The number of para-hydroxylation sites is 1. The number of benzene rings is 1. The normalized spacial score (nSPS) is 10.6. The molecule has 0 aliphatic carbocycles. The van der Waals surface area contributed by atoms with Crippen LogP contribution in [0.2, 0.25) is 0 Å². The summed E-state index contributed by atoms with van der Waals surface area (Å²) in [5.74, 6) is -0.648. The predicted octanol–water partition coefficient (Wildman–Crippen LogP) is 2.62. The quantitative estimate of drug-likeness (QED) is 0.714. The Hall–Kier alpha value is -2.60. The number of amides is 2. The Kier molecular flexibility index (Phi) is 3.68. The molecule has 0 saturated carbocycles. The van der Waals surface area contributed by atoms with Crippen molar-refractivity contribution in [3.63, 3.8) is 0 Å². The van der Waals surface area contributed by atoms with E-state index >= 15 is 0 Å². The van der Waals surface area contributed by atoms with Gasteiger partial charge in [-0.2, -0.15) is 0 Å². The Morgan fingerprint density at radius 1 is 1.05 bits per heavy atom. The van der Waals surface area contributed by atoms with E-state index in [1.165, 1.54) is 11.3 Å². The number of rotatable bonds is 2. The first kappa shape index (κ1) is 14.3. The molecule has 1 aromatic carbocycles. The largest absolute Gasteiger partial charge is 0.350 e. The molecule has 0 bridgehead atoms. The van der Waals surface area contributed by atoms with Crippen molar-refractivity contribution < 1.29 is 9.59 Å². The molecule has 5 nitrogen and oxygen atoms in total. The minimum Gasteiger partial charge on any atom is -0.350 e. The molecule has 0 radical (unpaired) electrons. The Morgan fingerprint density at radius 3 is 2.50 bits per heavy atom. The molecule has 2 aromatic heterocycles. The van der Waals surface area contributed by atoms with E-state index in [2.05, 4.69) is 10.9 Å². The van der Waals surface area contributed by atoms with Crippen LogP contribution in [0.25, 0.3) is 10.9 Å². The summed E-state index contributed by atoms with van der Waals surface area (Å²) in [4.78, 5) is 25.8. The predicted molar refractivity (Wildman–Crippen MR) is 86.9 cm³/mol. The summed E-state index contributed by atoms with van der Waals surface area (Å²) in [5.41, 5.74) is 6.41. The van der Waals surface area contributed by atoms with Gasteiger partial charge in [-0.15, -0.1) is 11.3 Å². The van der Waals surface area contributed by atoms with Gasteiger partial charge in [0.25, 0.3) is 11.8 Å². The molecule has 2 amide bonds. The number of fused-ring (bicyclic) bond motifs is 1. The maximum Gasteiger partial charge on any atom is 0.279 e. The fourth-order valence-corrected chi connectivity index (χ4v) is 3.08. The fraction of sp³-hybridized carbons (Fsp3) is 0.125. The fourth-order valence-electron chi connectivity index (χ4n) is 2.32. The average Bonchev–Trinajstić information content (AvgIpc) is 3.09. The minimum absolute atomic E-state index is 0.313. The molecule has 0 fully saturated rings.